The molecule has 0 saturated carbocycles. The minimum absolute atomic E-state index is 0.660. The van der Waals surface area contributed by atoms with Gasteiger partial charge in [0.15, 0.2) is 0 Å². The van der Waals surface area contributed by atoms with E-state index in [-0.39, 0.29) is 0 Å². The minimum atomic E-state index is -0.660. The SMILES string of the molecule is OC(c1cc(Br)ccc1I)c1cccc2c1OCCC2. The molecule has 1 N–H and O–H groups in total. The number of hydrogen-bond donors (Lipinski definition) is 1. The van der Waals surface area contributed by atoms with E-state index >= 15 is 0 Å². The summed E-state index contributed by atoms with van der Waals surface area (Å²) < 4.78 is 7.81. The summed E-state index contributed by atoms with van der Waals surface area (Å²) in [4.78, 5) is 0. The predicted molar refractivity (Wildman–Crippen MR) is 91.2 cm³/mol. The average molecular weight is 445 g/mol. The maximum atomic E-state index is 10.7. The molecule has 0 spiro atoms. The van der Waals surface area contributed by atoms with E-state index in [1.54, 1.807) is 0 Å². The Morgan fingerprint density at radius 1 is 1.20 bits per heavy atom. The van der Waals surface area contributed by atoms with Crippen LogP contribution in [0.5, 0.6) is 5.75 Å². The summed E-state index contributed by atoms with van der Waals surface area (Å²) >= 11 is 5.72. The molecule has 1 unspecified atom stereocenters. The van der Waals surface area contributed by atoms with Crippen molar-refractivity contribution in [2.24, 2.45) is 0 Å². The van der Waals surface area contributed by atoms with Gasteiger partial charge >= 0.3 is 0 Å². The molecule has 0 fully saturated rings. The molecule has 4 heteroatoms. The van der Waals surface area contributed by atoms with Gasteiger partial charge < -0.3 is 9.84 Å². The van der Waals surface area contributed by atoms with E-state index in [9.17, 15) is 5.11 Å². The van der Waals surface area contributed by atoms with Gasteiger partial charge in [-0.25, -0.2) is 0 Å². The number of halogens is 2. The van der Waals surface area contributed by atoms with Crippen LogP contribution in [-0.2, 0) is 6.42 Å². The van der Waals surface area contributed by atoms with E-state index in [0.29, 0.717) is 0 Å². The van der Waals surface area contributed by atoms with E-state index in [1.165, 1.54) is 5.56 Å². The fourth-order valence-electron chi connectivity index (χ4n) is 2.52. The zero-order valence-corrected chi connectivity index (χ0v) is 14.5. The number of aliphatic hydroxyl groups excluding tert-OH is 1. The summed E-state index contributed by atoms with van der Waals surface area (Å²) in [6.45, 7) is 0.728. The van der Waals surface area contributed by atoms with Crippen molar-refractivity contribution in [1.29, 1.82) is 0 Å². The lowest BCUT2D eigenvalue weighted by Crippen LogP contribution is -2.13. The molecule has 2 nitrogen and oxygen atoms in total. The first-order valence-corrected chi connectivity index (χ1v) is 8.41. The van der Waals surface area contributed by atoms with E-state index in [4.69, 9.17) is 4.74 Å². The molecule has 0 radical (unpaired) electrons. The predicted octanol–water partition coefficient (Wildman–Crippen LogP) is 4.46. The molecule has 20 heavy (non-hydrogen) atoms. The lowest BCUT2D eigenvalue weighted by Gasteiger charge is -2.23. The van der Waals surface area contributed by atoms with Crippen molar-refractivity contribution in [3.05, 3.63) is 61.1 Å². The van der Waals surface area contributed by atoms with Gasteiger partial charge in [0.1, 0.15) is 11.9 Å². The van der Waals surface area contributed by atoms with Crippen molar-refractivity contribution in [2.45, 2.75) is 18.9 Å². The third-order valence-electron chi connectivity index (χ3n) is 3.51. The summed E-state index contributed by atoms with van der Waals surface area (Å²) in [7, 11) is 0. The lowest BCUT2D eigenvalue weighted by molar-refractivity contribution is 0.206. The highest BCUT2D eigenvalue weighted by Crippen LogP contribution is 2.37. The topological polar surface area (TPSA) is 29.5 Å². The highest BCUT2D eigenvalue weighted by molar-refractivity contribution is 14.1. The Bertz CT molecular complexity index is 642. The smallest absolute Gasteiger partial charge is 0.128 e. The van der Waals surface area contributed by atoms with Gasteiger partial charge in [0.25, 0.3) is 0 Å². The third-order valence-corrected chi connectivity index (χ3v) is 4.99. The fourth-order valence-corrected chi connectivity index (χ4v) is 3.53. The maximum Gasteiger partial charge on any atom is 0.128 e. The van der Waals surface area contributed by atoms with Crippen LogP contribution < -0.4 is 4.74 Å². The van der Waals surface area contributed by atoms with Crippen molar-refractivity contribution in [3.8, 4) is 5.75 Å². The Hall–Kier alpha value is -0.590. The van der Waals surface area contributed by atoms with Gasteiger partial charge in [-0.2, -0.15) is 0 Å². The van der Waals surface area contributed by atoms with Crippen LogP contribution in [0.1, 0.15) is 29.2 Å². The first-order valence-electron chi connectivity index (χ1n) is 6.54. The lowest BCUT2D eigenvalue weighted by atomic mass is 9.96. The number of para-hydroxylation sites is 1. The standard InChI is InChI=1S/C16H14BrIO2/c17-11-6-7-14(18)13(9-11)15(19)12-5-1-3-10-4-2-8-20-16(10)12/h1,3,5-7,9,15,19H,2,4,8H2. The Morgan fingerprint density at radius 2 is 2.05 bits per heavy atom. The largest absolute Gasteiger partial charge is 0.493 e. The van der Waals surface area contributed by atoms with Gasteiger partial charge in [-0.1, -0.05) is 34.1 Å². The zero-order valence-electron chi connectivity index (χ0n) is 10.8. The molecule has 0 saturated heterocycles. The maximum absolute atomic E-state index is 10.7. The van der Waals surface area contributed by atoms with Gasteiger partial charge in [0.2, 0.25) is 0 Å². The number of benzene rings is 2. The summed E-state index contributed by atoms with van der Waals surface area (Å²) in [5.74, 6) is 0.863. The number of fused-ring (bicyclic) bond motifs is 1. The third kappa shape index (κ3) is 2.73. The molecule has 0 amide bonds. The van der Waals surface area contributed by atoms with Crippen molar-refractivity contribution in [1.82, 2.24) is 0 Å². The van der Waals surface area contributed by atoms with E-state index in [1.807, 2.05) is 30.3 Å². The Labute approximate surface area is 140 Å². The second kappa shape index (κ2) is 6.03. The van der Waals surface area contributed by atoms with Crippen LogP contribution in [0.15, 0.2) is 40.9 Å². The second-order valence-corrected chi connectivity index (χ2v) is 6.93. The first-order chi connectivity index (χ1) is 9.66. The number of hydrogen-bond acceptors (Lipinski definition) is 2. The molecular weight excluding hydrogens is 431 g/mol. The molecule has 3 rings (SSSR count). The molecule has 104 valence electrons. The average Bonchev–Trinajstić information content (AvgIpc) is 2.48. The van der Waals surface area contributed by atoms with E-state index < -0.39 is 6.10 Å². The zero-order chi connectivity index (χ0) is 14.1. The molecular formula is C16H14BrIO2. The van der Waals surface area contributed by atoms with Gasteiger partial charge in [-0.05, 0) is 64.8 Å². The van der Waals surface area contributed by atoms with Crippen LogP contribution in [0.25, 0.3) is 0 Å². The van der Waals surface area contributed by atoms with Gasteiger partial charge in [-0.15, -0.1) is 0 Å². The Balaban J connectivity index is 2.06. The van der Waals surface area contributed by atoms with Crippen LogP contribution in [0.4, 0.5) is 0 Å². The summed E-state index contributed by atoms with van der Waals surface area (Å²) in [6, 6.07) is 12.0. The number of aliphatic hydroxyl groups is 1. The van der Waals surface area contributed by atoms with Gasteiger partial charge in [0.05, 0.1) is 6.61 Å². The molecule has 0 bridgehead atoms. The van der Waals surface area contributed by atoms with Crippen LogP contribution in [0, 0.1) is 3.57 Å². The second-order valence-electron chi connectivity index (χ2n) is 4.86. The van der Waals surface area contributed by atoms with E-state index in [0.717, 1.165) is 44.4 Å². The van der Waals surface area contributed by atoms with Crippen LogP contribution in [0.3, 0.4) is 0 Å². The van der Waals surface area contributed by atoms with Crippen LogP contribution >= 0.6 is 38.5 Å². The first kappa shape index (κ1) is 14.4. The molecule has 1 aliphatic rings. The molecule has 0 aliphatic carbocycles. The highest BCUT2D eigenvalue weighted by atomic mass is 127. The fraction of sp³-hybridized carbons (Fsp3) is 0.250. The summed E-state index contributed by atoms with van der Waals surface area (Å²) in [6.07, 6.45) is 1.40. The molecule has 0 aromatic heterocycles. The summed E-state index contributed by atoms with van der Waals surface area (Å²) in [5, 5.41) is 10.7. The van der Waals surface area contributed by atoms with Crippen LogP contribution in [-0.4, -0.2) is 11.7 Å². The number of rotatable bonds is 2. The van der Waals surface area contributed by atoms with Crippen molar-refractivity contribution >= 4 is 38.5 Å². The Morgan fingerprint density at radius 3 is 2.90 bits per heavy atom. The molecule has 1 aliphatic heterocycles. The van der Waals surface area contributed by atoms with Crippen molar-refractivity contribution < 1.29 is 9.84 Å². The normalized spacial score (nSPS) is 15.3. The molecule has 1 atom stereocenters. The van der Waals surface area contributed by atoms with Gasteiger partial charge in [0, 0.05) is 13.6 Å². The minimum Gasteiger partial charge on any atom is -0.493 e. The van der Waals surface area contributed by atoms with E-state index in [2.05, 4.69) is 44.6 Å². The quantitative estimate of drug-likeness (QED) is 0.693. The number of ether oxygens (including phenoxy) is 1. The van der Waals surface area contributed by atoms with Crippen molar-refractivity contribution in [2.75, 3.05) is 6.61 Å². The number of aryl methyl sites for hydroxylation is 1. The Kier molecular flexibility index (Phi) is 4.33. The summed E-state index contributed by atoms with van der Waals surface area (Å²) in [5.41, 5.74) is 2.96. The molecule has 1 heterocycles. The monoisotopic (exact) mass is 444 g/mol. The van der Waals surface area contributed by atoms with Gasteiger partial charge in [-0.3, -0.25) is 0 Å². The highest BCUT2D eigenvalue weighted by Gasteiger charge is 2.22. The van der Waals surface area contributed by atoms with Crippen molar-refractivity contribution in [3.63, 3.8) is 0 Å². The van der Waals surface area contributed by atoms with Crippen LogP contribution in [0.2, 0.25) is 0 Å². The molecule has 2 aromatic carbocycles. The molecule has 2 aromatic rings.